The molecule has 0 aromatic rings. The SMILES string of the molecule is C[B]CSI. The van der Waals surface area contributed by atoms with Crippen LogP contribution in [0, 0.1) is 0 Å². The van der Waals surface area contributed by atoms with Gasteiger partial charge in [-0.1, -0.05) is 15.8 Å². The molecule has 0 atom stereocenters. The van der Waals surface area contributed by atoms with Gasteiger partial charge in [0.05, 0.1) is 0 Å². The van der Waals surface area contributed by atoms with Crippen molar-refractivity contribution in [3.8, 4) is 0 Å². The summed E-state index contributed by atoms with van der Waals surface area (Å²) in [6.07, 6.45) is 0. The Labute approximate surface area is 49.9 Å². The Kier molecular flexibility index (Phi) is 6.32. The van der Waals surface area contributed by atoms with E-state index in [0.29, 0.717) is 0 Å². The van der Waals surface area contributed by atoms with E-state index in [0.717, 1.165) is 0 Å². The van der Waals surface area contributed by atoms with Gasteiger partial charge in [0, 0.05) is 0 Å². The quantitative estimate of drug-likeness (QED) is 0.482. The van der Waals surface area contributed by atoms with Crippen molar-refractivity contribution in [1.29, 1.82) is 0 Å². The van der Waals surface area contributed by atoms with Gasteiger partial charge in [0.2, 0.25) is 0 Å². The van der Waals surface area contributed by atoms with E-state index < -0.39 is 0 Å². The van der Waals surface area contributed by atoms with E-state index in [1.165, 1.54) is 5.65 Å². The molecule has 0 unspecified atom stereocenters. The van der Waals surface area contributed by atoms with Crippen LogP contribution in [0.15, 0.2) is 0 Å². The van der Waals surface area contributed by atoms with Crippen LogP contribution in [0.4, 0.5) is 0 Å². The molecular weight excluding hydrogens is 194 g/mol. The highest BCUT2D eigenvalue weighted by molar-refractivity contribution is 14.2. The third kappa shape index (κ3) is 5.14. The van der Waals surface area contributed by atoms with E-state index in [-0.39, 0.29) is 0 Å². The topological polar surface area (TPSA) is 0 Å². The lowest BCUT2D eigenvalue weighted by molar-refractivity contribution is 2.08. The van der Waals surface area contributed by atoms with Gasteiger partial charge in [0.15, 0.2) is 0 Å². The fourth-order valence-electron chi connectivity index (χ4n) is 0.0630. The van der Waals surface area contributed by atoms with Crippen molar-refractivity contribution in [2.45, 2.75) is 6.82 Å². The van der Waals surface area contributed by atoms with Crippen LogP contribution in [0.5, 0.6) is 0 Å². The van der Waals surface area contributed by atoms with Gasteiger partial charge in [0.25, 0.3) is 0 Å². The molecule has 29 valence electrons. The standard InChI is InChI=1S/C2H5BIS/c1-3-2-5-4/h2H2,1H3. The normalized spacial score (nSPS) is 7.60. The first-order valence-corrected chi connectivity index (χ1v) is 4.96. The molecule has 0 bridgehead atoms. The third-order valence-electron chi connectivity index (χ3n) is 0.230. The Hall–Kier alpha value is 1.14. The number of rotatable bonds is 2. The Bertz CT molecular complexity index is 17.1. The number of halogens is 1. The molecule has 0 amide bonds. The summed E-state index contributed by atoms with van der Waals surface area (Å²) in [5, 5.41) is 0. The Morgan fingerprint density at radius 3 is 2.60 bits per heavy atom. The molecule has 3 heteroatoms. The molecule has 0 N–H and O–H groups in total. The maximum absolute atomic E-state index is 2.27. The van der Waals surface area contributed by atoms with Crippen molar-refractivity contribution in [3.63, 3.8) is 0 Å². The fourth-order valence-corrected chi connectivity index (χ4v) is 1.27. The molecule has 0 aromatic carbocycles. The summed E-state index contributed by atoms with van der Waals surface area (Å²) >= 11 is 2.27. The van der Waals surface area contributed by atoms with Crippen molar-refractivity contribution in [2.24, 2.45) is 0 Å². The molecule has 0 saturated carbocycles. The Morgan fingerprint density at radius 1 is 2.00 bits per heavy atom. The second kappa shape index (κ2) is 5.14. The lowest BCUT2D eigenvalue weighted by Crippen LogP contribution is -1.79. The van der Waals surface area contributed by atoms with Gasteiger partial charge in [0.1, 0.15) is 7.28 Å². The van der Waals surface area contributed by atoms with Crippen LogP contribution >= 0.6 is 30.1 Å². The zero-order valence-electron chi connectivity index (χ0n) is 3.07. The Morgan fingerprint density at radius 2 is 2.60 bits per heavy atom. The van der Waals surface area contributed by atoms with Crippen molar-refractivity contribution in [1.82, 2.24) is 0 Å². The van der Waals surface area contributed by atoms with Gasteiger partial charge in [-0.3, -0.25) is 0 Å². The number of hydrogen-bond acceptors (Lipinski definition) is 1. The average molecular weight is 199 g/mol. The molecule has 5 heavy (non-hydrogen) atoms. The lowest BCUT2D eigenvalue weighted by Gasteiger charge is -1.75. The Balaban J connectivity index is 2.19. The smallest absolute Gasteiger partial charge is 0.0983 e. The summed E-state index contributed by atoms with van der Waals surface area (Å²) < 4.78 is 0. The van der Waals surface area contributed by atoms with Gasteiger partial charge in [-0.2, -0.15) is 0 Å². The summed E-state index contributed by atoms with van der Waals surface area (Å²) in [5.74, 6) is 0. The summed E-state index contributed by atoms with van der Waals surface area (Å²) in [4.78, 5) is 0. The van der Waals surface area contributed by atoms with Crippen LogP contribution in [-0.2, 0) is 0 Å². The maximum Gasteiger partial charge on any atom is 0.120 e. The second-order valence-electron chi connectivity index (χ2n) is 0.684. The predicted octanol–water partition coefficient (Wildman–Crippen LogP) is 1.78. The zero-order chi connectivity index (χ0) is 4.12. The monoisotopic (exact) mass is 199 g/mol. The molecule has 0 aliphatic heterocycles. The molecule has 0 saturated heterocycles. The van der Waals surface area contributed by atoms with Gasteiger partial charge in [-0.05, 0) is 26.9 Å². The van der Waals surface area contributed by atoms with Crippen LogP contribution in [0.25, 0.3) is 0 Å². The average Bonchev–Trinajstić information content (AvgIpc) is 1.41. The predicted molar refractivity (Wildman–Crippen MR) is 38.1 cm³/mol. The molecule has 0 heterocycles. The fraction of sp³-hybridized carbons (Fsp3) is 1.00. The molecular formula is C2H5BIS. The lowest BCUT2D eigenvalue weighted by atomic mass is 9.87. The number of hydrogen-bond donors (Lipinski definition) is 0. The highest BCUT2D eigenvalue weighted by Gasteiger charge is 1.73. The highest BCUT2D eigenvalue weighted by Crippen LogP contribution is 2.07. The van der Waals surface area contributed by atoms with E-state index >= 15 is 0 Å². The van der Waals surface area contributed by atoms with Crippen LogP contribution in [0.2, 0.25) is 6.82 Å². The molecule has 0 rings (SSSR count). The van der Waals surface area contributed by atoms with Crippen molar-refractivity contribution >= 4 is 37.4 Å². The van der Waals surface area contributed by atoms with E-state index in [9.17, 15) is 0 Å². The zero-order valence-corrected chi connectivity index (χ0v) is 6.04. The molecule has 0 aromatic heterocycles. The highest BCUT2D eigenvalue weighted by atomic mass is 127. The largest absolute Gasteiger partial charge is 0.120 e. The van der Waals surface area contributed by atoms with E-state index in [1.807, 2.05) is 8.93 Å². The van der Waals surface area contributed by atoms with Gasteiger partial charge < -0.3 is 0 Å². The molecule has 0 aliphatic rings. The van der Waals surface area contributed by atoms with Crippen molar-refractivity contribution in [2.75, 3.05) is 5.65 Å². The summed E-state index contributed by atoms with van der Waals surface area (Å²) in [5.41, 5.74) is 1.17. The van der Waals surface area contributed by atoms with Crippen molar-refractivity contribution < 1.29 is 0 Å². The maximum atomic E-state index is 2.27. The first-order valence-electron chi connectivity index (χ1n) is 1.43. The summed E-state index contributed by atoms with van der Waals surface area (Å²) in [6, 6.07) is 0. The third-order valence-corrected chi connectivity index (χ3v) is 1.77. The van der Waals surface area contributed by atoms with Crippen LogP contribution in [-0.4, -0.2) is 12.9 Å². The van der Waals surface area contributed by atoms with Gasteiger partial charge in [-0.25, -0.2) is 0 Å². The minimum absolute atomic E-state index is 1.17. The van der Waals surface area contributed by atoms with Crippen molar-refractivity contribution in [3.05, 3.63) is 0 Å². The molecule has 0 spiro atoms. The van der Waals surface area contributed by atoms with Crippen LogP contribution < -0.4 is 0 Å². The first kappa shape index (κ1) is 6.14. The van der Waals surface area contributed by atoms with E-state index in [1.54, 1.807) is 0 Å². The van der Waals surface area contributed by atoms with Gasteiger partial charge >= 0.3 is 0 Å². The molecule has 1 radical (unpaired) electrons. The first-order chi connectivity index (χ1) is 2.41. The second-order valence-corrected chi connectivity index (χ2v) is 3.10. The van der Waals surface area contributed by atoms with Crippen LogP contribution in [0.1, 0.15) is 0 Å². The summed E-state index contributed by atoms with van der Waals surface area (Å²) in [6.45, 7) is 2.06. The minimum Gasteiger partial charge on any atom is -0.0983 e. The summed E-state index contributed by atoms with van der Waals surface area (Å²) in [7, 11) is 3.95. The van der Waals surface area contributed by atoms with Crippen LogP contribution in [0.3, 0.4) is 0 Å². The van der Waals surface area contributed by atoms with E-state index in [2.05, 4.69) is 35.3 Å². The van der Waals surface area contributed by atoms with E-state index in [4.69, 9.17) is 0 Å². The minimum atomic E-state index is 1.17. The molecule has 0 aliphatic carbocycles. The molecule has 0 nitrogen and oxygen atoms in total. The molecule has 0 fully saturated rings. The van der Waals surface area contributed by atoms with Gasteiger partial charge in [-0.15, -0.1) is 0 Å².